The van der Waals surface area contributed by atoms with Crippen LogP contribution in [0.4, 0.5) is 10.1 Å². The molecule has 2 rings (SSSR count). The number of phenols is 1. The smallest absolute Gasteiger partial charge is 0.221 e. The predicted octanol–water partition coefficient (Wildman–Crippen LogP) is 3.16. The third kappa shape index (κ3) is 2.48. The van der Waals surface area contributed by atoms with Crippen molar-refractivity contribution in [3.8, 4) is 16.9 Å². The molecular weight excluding hydrogens is 233 g/mol. The summed E-state index contributed by atoms with van der Waals surface area (Å²) in [6.45, 7) is 1.32. The van der Waals surface area contributed by atoms with Crippen LogP contribution < -0.4 is 5.32 Å². The van der Waals surface area contributed by atoms with E-state index in [0.717, 1.165) is 0 Å². The lowest BCUT2D eigenvalue weighted by molar-refractivity contribution is -0.114. The minimum absolute atomic E-state index is 0.0872. The second-order valence-corrected chi connectivity index (χ2v) is 3.89. The lowest BCUT2D eigenvalue weighted by Gasteiger charge is -2.08. The standard InChI is InChI=1S/C14H12FNO2/c1-9(17)16-13-7-6-10(8-12(13)15)11-4-2-3-5-14(11)18/h2-8,18H,1H3,(H,16,17). The van der Waals surface area contributed by atoms with Crippen molar-refractivity contribution >= 4 is 11.6 Å². The van der Waals surface area contributed by atoms with Crippen molar-refractivity contribution in [2.24, 2.45) is 0 Å². The molecule has 0 aromatic heterocycles. The molecule has 0 spiro atoms. The van der Waals surface area contributed by atoms with Gasteiger partial charge in [-0.15, -0.1) is 0 Å². The van der Waals surface area contributed by atoms with E-state index < -0.39 is 5.82 Å². The number of amides is 1. The first-order valence-electron chi connectivity index (χ1n) is 5.43. The van der Waals surface area contributed by atoms with Crippen molar-refractivity contribution in [2.75, 3.05) is 5.32 Å². The number of anilines is 1. The normalized spacial score (nSPS) is 10.1. The first kappa shape index (κ1) is 12.1. The summed E-state index contributed by atoms with van der Waals surface area (Å²) in [4.78, 5) is 10.9. The third-order valence-electron chi connectivity index (χ3n) is 2.49. The number of carbonyl (C=O) groups excluding carboxylic acids is 1. The summed E-state index contributed by atoms with van der Waals surface area (Å²) in [6.07, 6.45) is 0. The highest BCUT2D eigenvalue weighted by atomic mass is 19.1. The maximum Gasteiger partial charge on any atom is 0.221 e. The minimum atomic E-state index is -0.536. The Kier molecular flexibility index (Phi) is 3.28. The number of phenolic OH excluding ortho intramolecular Hbond substituents is 1. The Morgan fingerprint density at radius 1 is 1.22 bits per heavy atom. The fraction of sp³-hybridized carbons (Fsp3) is 0.0714. The summed E-state index contributed by atoms with van der Waals surface area (Å²) >= 11 is 0. The van der Waals surface area contributed by atoms with Crippen molar-refractivity contribution in [2.45, 2.75) is 6.92 Å². The zero-order chi connectivity index (χ0) is 13.1. The van der Waals surface area contributed by atoms with E-state index in [1.807, 2.05) is 0 Å². The zero-order valence-corrected chi connectivity index (χ0v) is 9.77. The van der Waals surface area contributed by atoms with Crippen molar-refractivity contribution < 1.29 is 14.3 Å². The van der Waals surface area contributed by atoms with Gasteiger partial charge in [-0.2, -0.15) is 0 Å². The van der Waals surface area contributed by atoms with Gasteiger partial charge in [0, 0.05) is 12.5 Å². The molecule has 2 N–H and O–H groups in total. The lowest BCUT2D eigenvalue weighted by atomic mass is 10.0. The van der Waals surface area contributed by atoms with Crippen LogP contribution in [-0.4, -0.2) is 11.0 Å². The molecule has 0 fully saturated rings. The Labute approximate surface area is 104 Å². The summed E-state index contributed by atoms with van der Waals surface area (Å²) in [7, 11) is 0. The first-order valence-corrected chi connectivity index (χ1v) is 5.43. The van der Waals surface area contributed by atoms with Gasteiger partial charge in [-0.05, 0) is 23.8 Å². The van der Waals surface area contributed by atoms with E-state index in [1.54, 1.807) is 24.3 Å². The zero-order valence-electron chi connectivity index (χ0n) is 9.77. The fourth-order valence-electron chi connectivity index (χ4n) is 1.69. The molecular formula is C14H12FNO2. The molecule has 0 atom stereocenters. The average Bonchev–Trinajstić information content (AvgIpc) is 2.32. The molecule has 2 aromatic rings. The number of carbonyl (C=O) groups is 1. The largest absolute Gasteiger partial charge is 0.507 e. The van der Waals surface area contributed by atoms with E-state index in [4.69, 9.17) is 0 Å². The second kappa shape index (κ2) is 4.87. The second-order valence-electron chi connectivity index (χ2n) is 3.89. The Hall–Kier alpha value is -2.36. The number of para-hydroxylation sites is 1. The summed E-state index contributed by atoms with van der Waals surface area (Å²) in [5.41, 5.74) is 1.23. The number of halogens is 1. The summed E-state index contributed by atoms with van der Waals surface area (Å²) < 4.78 is 13.7. The van der Waals surface area contributed by atoms with Crippen LogP contribution in [0.3, 0.4) is 0 Å². The predicted molar refractivity (Wildman–Crippen MR) is 67.8 cm³/mol. The van der Waals surface area contributed by atoms with Gasteiger partial charge < -0.3 is 10.4 Å². The van der Waals surface area contributed by atoms with E-state index in [9.17, 15) is 14.3 Å². The van der Waals surface area contributed by atoms with Crippen LogP contribution >= 0.6 is 0 Å². The quantitative estimate of drug-likeness (QED) is 0.853. The first-order chi connectivity index (χ1) is 8.58. The van der Waals surface area contributed by atoms with Crippen LogP contribution in [0.15, 0.2) is 42.5 Å². The lowest BCUT2D eigenvalue weighted by Crippen LogP contribution is -2.07. The molecule has 0 saturated carbocycles. The van der Waals surface area contributed by atoms with Crippen LogP contribution in [0.5, 0.6) is 5.75 Å². The van der Waals surface area contributed by atoms with Crippen molar-refractivity contribution in [3.63, 3.8) is 0 Å². The molecule has 2 aromatic carbocycles. The number of hydrogen-bond donors (Lipinski definition) is 2. The molecule has 0 aliphatic rings. The molecule has 0 bridgehead atoms. The van der Waals surface area contributed by atoms with Gasteiger partial charge in [-0.25, -0.2) is 4.39 Å². The van der Waals surface area contributed by atoms with Crippen LogP contribution in [-0.2, 0) is 4.79 Å². The Morgan fingerprint density at radius 3 is 2.56 bits per heavy atom. The molecule has 0 saturated heterocycles. The van der Waals surface area contributed by atoms with E-state index in [-0.39, 0.29) is 17.3 Å². The number of rotatable bonds is 2. The maximum absolute atomic E-state index is 13.7. The highest BCUT2D eigenvalue weighted by Crippen LogP contribution is 2.30. The molecule has 18 heavy (non-hydrogen) atoms. The van der Waals surface area contributed by atoms with Gasteiger partial charge in [0.15, 0.2) is 0 Å². The molecule has 0 aliphatic carbocycles. The Bertz CT molecular complexity index is 596. The van der Waals surface area contributed by atoms with E-state index in [2.05, 4.69) is 5.32 Å². The van der Waals surface area contributed by atoms with Crippen LogP contribution in [0.2, 0.25) is 0 Å². The molecule has 0 heterocycles. The van der Waals surface area contributed by atoms with E-state index in [0.29, 0.717) is 11.1 Å². The Morgan fingerprint density at radius 2 is 1.94 bits per heavy atom. The molecule has 1 amide bonds. The molecule has 4 heteroatoms. The fourth-order valence-corrected chi connectivity index (χ4v) is 1.69. The minimum Gasteiger partial charge on any atom is -0.507 e. The molecule has 0 aliphatic heterocycles. The van der Waals surface area contributed by atoms with Crippen molar-refractivity contribution in [3.05, 3.63) is 48.3 Å². The van der Waals surface area contributed by atoms with E-state index in [1.165, 1.54) is 25.1 Å². The number of nitrogens with one attached hydrogen (secondary N) is 1. The van der Waals surface area contributed by atoms with Crippen molar-refractivity contribution in [1.82, 2.24) is 0 Å². The number of benzene rings is 2. The van der Waals surface area contributed by atoms with Gasteiger partial charge in [0.05, 0.1) is 5.69 Å². The highest BCUT2D eigenvalue weighted by molar-refractivity contribution is 5.89. The van der Waals surface area contributed by atoms with E-state index >= 15 is 0 Å². The van der Waals surface area contributed by atoms with Gasteiger partial charge in [-0.3, -0.25) is 4.79 Å². The summed E-state index contributed by atoms with van der Waals surface area (Å²) in [5.74, 6) is -0.778. The van der Waals surface area contributed by atoms with Gasteiger partial charge in [0.1, 0.15) is 11.6 Å². The maximum atomic E-state index is 13.7. The Balaban J connectivity index is 2.40. The average molecular weight is 245 g/mol. The monoisotopic (exact) mass is 245 g/mol. The topological polar surface area (TPSA) is 49.3 Å². The van der Waals surface area contributed by atoms with Gasteiger partial charge >= 0.3 is 0 Å². The molecule has 3 nitrogen and oxygen atoms in total. The van der Waals surface area contributed by atoms with Gasteiger partial charge in [-0.1, -0.05) is 24.3 Å². The van der Waals surface area contributed by atoms with Crippen LogP contribution in [0, 0.1) is 5.82 Å². The highest BCUT2D eigenvalue weighted by Gasteiger charge is 2.08. The number of aromatic hydroxyl groups is 1. The summed E-state index contributed by atoms with van der Waals surface area (Å²) in [6, 6.07) is 11.1. The van der Waals surface area contributed by atoms with Gasteiger partial charge in [0.25, 0.3) is 0 Å². The molecule has 0 radical (unpaired) electrons. The summed E-state index contributed by atoms with van der Waals surface area (Å²) in [5, 5.41) is 12.1. The molecule has 92 valence electrons. The van der Waals surface area contributed by atoms with Crippen LogP contribution in [0.1, 0.15) is 6.92 Å². The molecule has 0 unspecified atom stereocenters. The number of hydrogen-bond acceptors (Lipinski definition) is 2. The van der Waals surface area contributed by atoms with Gasteiger partial charge in [0.2, 0.25) is 5.91 Å². The van der Waals surface area contributed by atoms with Crippen LogP contribution in [0.25, 0.3) is 11.1 Å². The van der Waals surface area contributed by atoms with Crippen molar-refractivity contribution in [1.29, 1.82) is 0 Å². The third-order valence-corrected chi connectivity index (χ3v) is 2.49. The SMILES string of the molecule is CC(=O)Nc1ccc(-c2ccccc2O)cc1F.